The van der Waals surface area contributed by atoms with Crippen LogP contribution in [-0.2, 0) is 11.3 Å². The zero-order valence-electron chi connectivity index (χ0n) is 13.9. The van der Waals surface area contributed by atoms with E-state index in [2.05, 4.69) is 29.2 Å². The van der Waals surface area contributed by atoms with Crippen molar-refractivity contribution >= 4 is 17.2 Å². The van der Waals surface area contributed by atoms with E-state index in [0.29, 0.717) is 12.6 Å². The molecular formula is C19H22N2O2S. The summed E-state index contributed by atoms with van der Waals surface area (Å²) in [4.78, 5) is 19.2. The maximum absolute atomic E-state index is 12.7. The highest BCUT2D eigenvalue weighted by Gasteiger charge is 2.42. The Bertz CT molecular complexity index is 715. The number of hydrogen-bond acceptors (Lipinski definition) is 4. The summed E-state index contributed by atoms with van der Waals surface area (Å²) in [6.07, 6.45) is 0.132. The van der Waals surface area contributed by atoms with Gasteiger partial charge in [0, 0.05) is 31.1 Å². The fourth-order valence-electron chi connectivity index (χ4n) is 3.64. The molecule has 1 aromatic heterocycles. The summed E-state index contributed by atoms with van der Waals surface area (Å²) >= 11 is 1.57. The number of carbonyl (C=O) groups excluding carboxylic acids is 1. The van der Waals surface area contributed by atoms with Crippen LogP contribution in [-0.4, -0.2) is 54.1 Å². The highest BCUT2D eigenvalue weighted by molar-refractivity contribution is 7.13. The summed E-state index contributed by atoms with van der Waals surface area (Å²) in [5.41, 5.74) is 1.32. The highest BCUT2D eigenvalue weighted by atomic mass is 32.1. The topological polar surface area (TPSA) is 32.8 Å². The molecule has 0 spiro atoms. The number of rotatable bonds is 3. The van der Waals surface area contributed by atoms with Gasteiger partial charge in [0.2, 0.25) is 0 Å². The van der Waals surface area contributed by atoms with Crippen molar-refractivity contribution < 1.29 is 9.53 Å². The first-order valence-corrected chi connectivity index (χ1v) is 9.27. The Hall–Kier alpha value is -1.69. The largest absolute Gasteiger partial charge is 0.373 e. The summed E-state index contributed by atoms with van der Waals surface area (Å²) in [5.74, 6) is 0.144. The number of nitrogens with zero attached hydrogens (tertiary/aromatic N) is 2. The third-order valence-electron chi connectivity index (χ3n) is 4.88. The Kier molecular flexibility index (Phi) is 4.39. The zero-order valence-corrected chi connectivity index (χ0v) is 14.7. The second-order valence-electron chi connectivity index (χ2n) is 6.55. The van der Waals surface area contributed by atoms with Crippen LogP contribution in [0, 0.1) is 6.92 Å². The third kappa shape index (κ3) is 3.11. The average molecular weight is 342 g/mol. The van der Waals surface area contributed by atoms with Crippen LogP contribution in [0.25, 0.3) is 0 Å². The molecule has 1 amide bonds. The smallest absolute Gasteiger partial charge is 0.264 e. The van der Waals surface area contributed by atoms with Crippen molar-refractivity contribution in [1.82, 2.24) is 9.80 Å². The molecule has 126 valence electrons. The lowest BCUT2D eigenvalue weighted by Crippen LogP contribution is -2.50. The van der Waals surface area contributed by atoms with Gasteiger partial charge >= 0.3 is 0 Å². The zero-order chi connectivity index (χ0) is 16.5. The molecule has 0 radical (unpaired) electrons. The second kappa shape index (κ2) is 6.67. The molecule has 2 saturated heterocycles. The predicted molar refractivity (Wildman–Crippen MR) is 95.3 cm³/mol. The number of benzene rings is 1. The normalized spacial score (nSPS) is 24.1. The molecule has 4 nitrogen and oxygen atoms in total. The van der Waals surface area contributed by atoms with Gasteiger partial charge in [0.1, 0.15) is 0 Å². The lowest BCUT2D eigenvalue weighted by molar-refractivity contribution is -0.0503. The molecule has 2 atom stereocenters. The van der Waals surface area contributed by atoms with E-state index in [1.165, 1.54) is 10.4 Å². The van der Waals surface area contributed by atoms with Crippen LogP contribution in [0.2, 0.25) is 0 Å². The van der Waals surface area contributed by atoms with Crippen molar-refractivity contribution in [3.8, 4) is 0 Å². The van der Waals surface area contributed by atoms with Gasteiger partial charge in [-0.15, -0.1) is 11.3 Å². The molecule has 2 fully saturated rings. The van der Waals surface area contributed by atoms with E-state index in [9.17, 15) is 4.79 Å². The summed E-state index contributed by atoms with van der Waals surface area (Å²) in [6.45, 7) is 6.09. The minimum absolute atomic E-state index is 0.132. The molecule has 0 aliphatic carbocycles. The predicted octanol–water partition coefficient (Wildman–Crippen LogP) is 2.78. The number of ether oxygens (including phenoxy) is 1. The first-order valence-electron chi connectivity index (χ1n) is 8.46. The van der Waals surface area contributed by atoms with Crippen molar-refractivity contribution in [2.24, 2.45) is 0 Å². The van der Waals surface area contributed by atoms with E-state index in [0.717, 1.165) is 31.1 Å². The number of aryl methyl sites for hydroxylation is 1. The molecule has 0 bridgehead atoms. The maximum atomic E-state index is 12.7. The average Bonchev–Trinajstić information content (AvgIpc) is 3.22. The third-order valence-corrected chi connectivity index (χ3v) is 5.87. The van der Waals surface area contributed by atoms with Gasteiger partial charge in [-0.2, -0.15) is 0 Å². The van der Waals surface area contributed by atoms with Crippen molar-refractivity contribution in [2.75, 3.05) is 26.2 Å². The molecule has 1 aromatic carbocycles. The number of hydrogen-bond donors (Lipinski definition) is 0. The molecule has 2 aromatic rings. The maximum Gasteiger partial charge on any atom is 0.264 e. The number of thiophene rings is 1. The van der Waals surface area contributed by atoms with Crippen molar-refractivity contribution in [3.63, 3.8) is 0 Å². The minimum atomic E-state index is 0.132. The van der Waals surface area contributed by atoms with Crippen LogP contribution in [0.1, 0.15) is 20.1 Å². The van der Waals surface area contributed by atoms with Gasteiger partial charge in [-0.25, -0.2) is 0 Å². The second-order valence-corrected chi connectivity index (χ2v) is 7.84. The van der Waals surface area contributed by atoms with E-state index in [1.807, 2.05) is 30.0 Å². The Morgan fingerprint density at radius 2 is 2.04 bits per heavy atom. The van der Waals surface area contributed by atoms with Gasteiger partial charge in [-0.3, -0.25) is 9.69 Å². The van der Waals surface area contributed by atoms with E-state index < -0.39 is 0 Å². The van der Waals surface area contributed by atoms with Crippen molar-refractivity contribution in [3.05, 3.63) is 57.8 Å². The van der Waals surface area contributed by atoms with E-state index in [4.69, 9.17) is 4.74 Å². The number of amides is 1. The lowest BCUT2D eigenvalue weighted by Gasteiger charge is -2.36. The van der Waals surface area contributed by atoms with Crippen LogP contribution in [0.5, 0.6) is 0 Å². The Balaban J connectivity index is 1.47. The van der Waals surface area contributed by atoms with Crippen LogP contribution in [0.15, 0.2) is 42.5 Å². The van der Waals surface area contributed by atoms with Crippen LogP contribution < -0.4 is 0 Å². The van der Waals surface area contributed by atoms with Crippen LogP contribution >= 0.6 is 11.3 Å². The first kappa shape index (κ1) is 15.8. The minimum Gasteiger partial charge on any atom is -0.373 e. The molecule has 5 heteroatoms. The van der Waals surface area contributed by atoms with Gasteiger partial charge < -0.3 is 9.64 Å². The molecule has 2 aliphatic rings. The summed E-state index contributed by atoms with van der Waals surface area (Å²) in [6, 6.07) is 14.8. The molecule has 24 heavy (non-hydrogen) atoms. The van der Waals surface area contributed by atoms with Gasteiger partial charge in [0.05, 0.1) is 23.6 Å². The van der Waals surface area contributed by atoms with Crippen LogP contribution in [0.4, 0.5) is 0 Å². The van der Waals surface area contributed by atoms with E-state index >= 15 is 0 Å². The Labute approximate surface area is 146 Å². The number of fused-ring (bicyclic) bond motifs is 1. The van der Waals surface area contributed by atoms with Gasteiger partial charge in [-0.05, 0) is 24.6 Å². The van der Waals surface area contributed by atoms with Gasteiger partial charge in [-0.1, -0.05) is 30.3 Å². The Morgan fingerprint density at radius 3 is 2.79 bits per heavy atom. The molecule has 0 N–H and O–H groups in total. The van der Waals surface area contributed by atoms with E-state index in [1.54, 1.807) is 11.3 Å². The summed E-state index contributed by atoms with van der Waals surface area (Å²) in [7, 11) is 0. The summed E-state index contributed by atoms with van der Waals surface area (Å²) < 4.78 is 5.96. The molecule has 0 unspecified atom stereocenters. The first-order chi connectivity index (χ1) is 11.7. The summed E-state index contributed by atoms with van der Waals surface area (Å²) in [5, 5.41) is 0. The molecular weight excluding hydrogens is 320 g/mol. The fraction of sp³-hybridized carbons (Fsp3) is 0.421. The molecule has 4 rings (SSSR count). The Morgan fingerprint density at radius 1 is 1.21 bits per heavy atom. The van der Waals surface area contributed by atoms with Gasteiger partial charge in [0.15, 0.2) is 0 Å². The van der Waals surface area contributed by atoms with Crippen LogP contribution in [0.3, 0.4) is 0 Å². The lowest BCUT2D eigenvalue weighted by atomic mass is 10.1. The fourth-order valence-corrected chi connectivity index (χ4v) is 4.48. The molecule has 2 aliphatic heterocycles. The SMILES string of the molecule is Cc1ccc(C(=O)N2C[C@@H]3OCCN(Cc4ccccc4)[C@@H]3C2)s1. The molecule has 3 heterocycles. The quantitative estimate of drug-likeness (QED) is 0.860. The van der Waals surface area contributed by atoms with Crippen molar-refractivity contribution in [1.29, 1.82) is 0 Å². The van der Waals surface area contributed by atoms with Crippen molar-refractivity contribution in [2.45, 2.75) is 25.6 Å². The van der Waals surface area contributed by atoms with Gasteiger partial charge in [0.25, 0.3) is 5.91 Å². The molecule has 0 saturated carbocycles. The number of carbonyl (C=O) groups is 1. The number of likely N-dealkylation sites (tertiary alicyclic amines) is 1. The highest BCUT2D eigenvalue weighted by Crippen LogP contribution is 2.27. The standard InChI is InChI=1S/C19H22N2O2S/c1-14-7-8-18(24-14)19(22)21-12-16-17(13-21)23-10-9-20(16)11-15-5-3-2-4-6-15/h2-8,16-17H,9-13H2,1H3/t16-,17+/m1/s1. The van der Waals surface area contributed by atoms with E-state index in [-0.39, 0.29) is 12.0 Å². The number of morpholine rings is 1. The monoisotopic (exact) mass is 342 g/mol.